The van der Waals surface area contributed by atoms with E-state index in [0.717, 1.165) is 23.8 Å². The maximum atomic E-state index is 13.7. The number of nitrogens with one attached hydrogen (secondary N) is 2. The van der Waals surface area contributed by atoms with Crippen LogP contribution >= 0.6 is 0 Å². The molecular weight excluding hydrogens is 350 g/mol. The van der Waals surface area contributed by atoms with Crippen molar-refractivity contribution in [1.29, 1.82) is 0 Å². The highest BCUT2D eigenvalue weighted by molar-refractivity contribution is 5.79. The molecule has 1 heterocycles. The first kappa shape index (κ1) is 18.6. The third-order valence-electron chi connectivity index (χ3n) is 3.97. The smallest absolute Gasteiger partial charge is 0.214 e. The molecular formula is C20H20F2N4O. The van der Waals surface area contributed by atoms with Crippen LogP contribution in [-0.4, -0.2) is 18.0 Å². The summed E-state index contributed by atoms with van der Waals surface area (Å²) in [7, 11) is 1.59. The number of aryl methyl sites for hydroxylation is 1. The maximum absolute atomic E-state index is 13.7. The number of halogens is 2. The van der Waals surface area contributed by atoms with Crippen LogP contribution in [0.1, 0.15) is 17.0 Å². The van der Waals surface area contributed by atoms with Crippen LogP contribution in [0.2, 0.25) is 0 Å². The van der Waals surface area contributed by atoms with Crippen molar-refractivity contribution < 1.29 is 13.2 Å². The molecule has 140 valence electrons. The summed E-state index contributed by atoms with van der Waals surface area (Å²) in [5, 5.41) is 5.96. The van der Waals surface area contributed by atoms with E-state index in [-0.39, 0.29) is 12.1 Å². The van der Waals surface area contributed by atoms with Gasteiger partial charge in [-0.1, -0.05) is 29.8 Å². The highest BCUT2D eigenvalue weighted by Crippen LogP contribution is 2.20. The van der Waals surface area contributed by atoms with Crippen molar-refractivity contribution >= 4 is 5.96 Å². The molecule has 7 heteroatoms. The summed E-state index contributed by atoms with van der Waals surface area (Å²) in [6.07, 6.45) is 1.67. The number of oxazole rings is 1. The van der Waals surface area contributed by atoms with E-state index >= 15 is 0 Å². The Hall–Kier alpha value is -3.22. The van der Waals surface area contributed by atoms with Crippen molar-refractivity contribution in [3.63, 3.8) is 0 Å². The SMILES string of the molecule is CN=C(NCc1ncc(-c2ccc(C)cc2)o1)NCc1cc(F)ccc1F. The summed E-state index contributed by atoms with van der Waals surface area (Å²) in [5.41, 5.74) is 2.34. The molecule has 1 aromatic heterocycles. The van der Waals surface area contributed by atoms with Gasteiger partial charge in [-0.3, -0.25) is 4.99 Å². The fourth-order valence-corrected chi connectivity index (χ4v) is 2.48. The monoisotopic (exact) mass is 370 g/mol. The molecule has 5 nitrogen and oxygen atoms in total. The van der Waals surface area contributed by atoms with Crippen molar-refractivity contribution in [3.8, 4) is 11.3 Å². The number of nitrogens with zero attached hydrogens (tertiary/aromatic N) is 2. The van der Waals surface area contributed by atoms with Gasteiger partial charge in [-0.25, -0.2) is 13.8 Å². The lowest BCUT2D eigenvalue weighted by Crippen LogP contribution is -2.36. The zero-order valence-corrected chi connectivity index (χ0v) is 15.1. The zero-order valence-electron chi connectivity index (χ0n) is 15.1. The van der Waals surface area contributed by atoms with Crippen molar-refractivity contribution in [2.24, 2.45) is 4.99 Å². The first-order valence-corrected chi connectivity index (χ1v) is 8.45. The Labute approximate surface area is 156 Å². The molecule has 2 aromatic carbocycles. The normalized spacial score (nSPS) is 11.5. The third-order valence-corrected chi connectivity index (χ3v) is 3.97. The number of hydrogen-bond donors (Lipinski definition) is 2. The van der Waals surface area contributed by atoms with Crippen molar-refractivity contribution in [3.05, 3.63) is 77.3 Å². The van der Waals surface area contributed by atoms with Crippen LogP contribution in [0.4, 0.5) is 8.78 Å². The number of guanidine groups is 1. The summed E-state index contributed by atoms with van der Waals surface area (Å²) in [6, 6.07) is 11.3. The molecule has 2 N–H and O–H groups in total. The van der Waals surface area contributed by atoms with Gasteiger partial charge in [0.1, 0.15) is 11.6 Å². The molecule has 3 rings (SSSR count). The van der Waals surface area contributed by atoms with Crippen LogP contribution in [-0.2, 0) is 13.1 Å². The number of aliphatic imine (C=N–C) groups is 1. The molecule has 0 amide bonds. The number of hydrogen-bond acceptors (Lipinski definition) is 3. The van der Waals surface area contributed by atoms with E-state index in [1.807, 2.05) is 31.2 Å². The summed E-state index contributed by atoms with van der Waals surface area (Å²) in [6.45, 7) is 2.43. The molecule has 0 saturated carbocycles. The third kappa shape index (κ3) is 4.91. The molecule has 0 radical (unpaired) electrons. The summed E-state index contributed by atoms with van der Waals surface area (Å²) in [5.74, 6) is 0.630. The molecule has 0 aliphatic heterocycles. The first-order valence-electron chi connectivity index (χ1n) is 8.45. The summed E-state index contributed by atoms with van der Waals surface area (Å²) in [4.78, 5) is 8.30. The van der Waals surface area contributed by atoms with Gasteiger partial charge in [0, 0.05) is 24.7 Å². The van der Waals surface area contributed by atoms with E-state index in [1.165, 1.54) is 5.56 Å². The van der Waals surface area contributed by atoms with Crippen molar-refractivity contribution in [2.75, 3.05) is 7.05 Å². The predicted octanol–water partition coefficient (Wildman–Crippen LogP) is 3.79. The van der Waals surface area contributed by atoms with Gasteiger partial charge in [0.05, 0.1) is 12.7 Å². The Bertz CT molecular complexity index is 935. The second-order valence-electron chi connectivity index (χ2n) is 6.00. The quantitative estimate of drug-likeness (QED) is 0.530. The molecule has 0 saturated heterocycles. The van der Waals surface area contributed by atoms with E-state index in [4.69, 9.17) is 4.42 Å². The fraction of sp³-hybridized carbons (Fsp3) is 0.200. The van der Waals surface area contributed by atoms with Gasteiger partial charge in [0.25, 0.3) is 0 Å². The molecule has 0 aliphatic carbocycles. The topological polar surface area (TPSA) is 62.5 Å². The number of rotatable bonds is 5. The van der Waals surface area contributed by atoms with Gasteiger partial charge in [-0.2, -0.15) is 0 Å². The lowest BCUT2D eigenvalue weighted by Gasteiger charge is -2.11. The first-order chi connectivity index (χ1) is 13.0. The predicted molar refractivity (Wildman–Crippen MR) is 100 cm³/mol. The van der Waals surface area contributed by atoms with Crippen molar-refractivity contribution in [2.45, 2.75) is 20.0 Å². The Morgan fingerprint density at radius 3 is 2.56 bits per heavy atom. The lowest BCUT2D eigenvalue weighted by atomic mass is 10.1. The van der Waals surface area contributed by atoms with E-state index in [1.54, 1.807) is 13.2 Å². The van der Waals surface area contributed by atoms with Crippen LogP contribution in [0.15, 0.2) is 58.1 Å². The van der Waals surface area contributed by atoms with Gasteiger partial charge in [0.15, 0.2) is 11.7 Å². The molecule has 3 aromatic rings. The molecule has 0 fully saturated rings. The van der Waals surface area contributed by atoms with Gasteiger partial charge in [-0.15, -0.1) is 0 Å². The number of aromatic nitrogens is 1. The van der Waals surface area contributed by atoms with E-state index < -0.39 is 11.6 Å². The van der Waals surface area contributed by atoms with Crippen LogP contribution in [0, 0.1) is 18.6 Å². The van der Waals surface area contributed by atoms with Crippen LogP contribution in [0.3, 0.4) is 0 Å². The highest BCUT2D eigenvalue weighted by atomic mass is 19.1. The van der Waals surface area contributed by atoms with Gasteiger partial charge >= 0.3 is 0 Å². The van der Waals surface area contributed by atoms with Gasteiger partial charge < -0.3 is 15.1 Å². The maximum Gasteiger partial charge on any atom is 0.214 e. The zero-order chi connectivity index (χ0) is 19.2. The summed E-state index contributed by atoms with van der Waals surface area (Å²) >= 11 is 0. The minimum atomic E-state index is -0.487. The molecule has 0 aliphatic rings. The molecule has 0 bridgehead atoms. The largest absolute Gasteiger partial charge is 0.439 e. The summed E-state index contributed by atoms with van der Waals surface area (Å²) < 4.78 is 32.6. The van der Waals surface area contributed by atoms with Gasteiger partial charge in [-0.05, 0) is 25.1 Å². The average molecular weight is 370 g/mol. The Morgan fingerprint density at radius 2 is 1.81 bits per heavy atom. The molecule has 27 heavy (non-hydrogen) atoms. The Morgan fingerprint density at radius 1 is 1.07 bits per heavy atom. The lowest BCUT2D eigenvalue weighted by molar-refractivity contribution is 0.497. The van der Waals surface area contributed by atoms with Crippen LogP contribution < -0.4 is 10.6 Å². The standard InChI is InChI=1S/C20H20F2N4O/c1-13-3-5-14(6-4-13)18-11-24-19(27-18)12-26-20(23-2)25-10-15-9-16(21)7-8-17(15)22/h3-9,11H,10,12H2,1-2H3,(H2,23,25,26). The average Bonchev–Trinajstić information content (AvgIpc) is 3.14. The number of benzene rings is 2. The molecule has 0 unspecified atom stereocenters. The van der Waals surface area contributed by atoms with Crippen LogP contribution in [0.25, 0.3) is 11.3 Å². The highest BCUT2D eigenvalue weighted by Gasteiger charge is 2.08. The Balaban J connectivity index is 1.57. The minimum absolute atomic E-state index is 0.101. The Kier molecular flexibility index (Phi) is 5.80. The molecule has 0 atom stereocenters. The fourth-order valence-electron chi connectivity index (χ4n) is 2.48. The minimum Gasteiger partial charge on any atom is -0.439 e. The van der Waals surface area contributed by atoms with Crippen molar-refractivity contribution in [1.82, 2.24) is 15.6 Å². The molecule has 0 spiro atoms. The second kappa shape index (κ2) is 8.44. The van der Waals surface area contributed by atoms with Gasteiger partial charge in [0.2, 0.25) is 5.89 Å². The van der Waals surface area contributed by atoms with E-state index in [0.29, 0.717) is 24.2 Å². The van der Waals surface area contributed by atoms with E-state index in [9.17, 15) is 8.78 Å². The van der Waals surface area contributed by atoms with Crippen LogP contribution in [0.5, 0.6) is 0 Å². The van der Waals surface area contributed by atoms with E-state index in [2.05, 4.69) is 20.6 Å². The second-order valence-corrected chi connectivity index (χ2v) is 6.00.